The van der Waals surface area contributed by atoms with Crippen molar-refractivity contribution in [1.82, 2.24) is 0 Å². The summed E-state index contributed by atoms with van der Waals surface area (Å²) in [6.07, 6.45) is 0. The first kappa shape index (κ1) is 15.2. The predicted octanol–water partition coefficient (Wildman–Crippen LogP) is 4.15. The number of benzene rings is 2. The summed E-state index contributed by atoms with van der Waals surface area (Å²) in [7, 11) is 0. The van der Waals surface area contributed by atoms with Crippen molar-refractivity contribution in [1.29, 1.82) is 0 Å². The average Bonchev–Trinajstić information content (AvgIpc) is 2.46. The van der Waals surface area contributed by atoms with Gasteiger partial charge in [-0.25, -0.2) is 4.79 Å². The van der Waals surface area contributed by atoms with Crippen LogP contribution in [-0.2, 0) is 4.74 Å². The standard InChI is InChI=1S/C16H17ClN2O2/c1-3-21-16(20)12-9-11(18)7-8-15(12)19-14-6-4-5-13(17)10(14)2/h4-9,19H,3,18H2,1-2H3. The van der Waals surface area contributed by atoms with E-state index in [0.29, 0.717) is 28.6 Å². The second kappa shape index (κ2) is 6.50. The number of rotatable bonds is 4. The van der Waals surface area contributed by atoms with E-state index < -0.39 is 5.97 Å². The van der Waals surface area contributed by atoms with Crippen LogP contribution in [0.25, 0.3) is 0 Å². The van der Waals surface area contributed by atoms with E-state index in [1.54, 1.807) is 25.1 Å². The fraction of sp³-hybridized carbons (Fsp3) is 0.188. The molecule has 0 saturated heterocycles. The lowest BCUT2D eigenvalue weighted by Crippen LogP contribution is -2.09. The number of carbonyl (C=O) groups is 1. The fourth-order valence-electron chi connectivity index (χ4n) is 1.94. The van der Waals surface area contributed by atoms with E-state index in [1.165, 1.54) is 0 Å². The summed E-state index contributed by atoms with van der Waals surface area (Å²) < 4.78 is 5.05. The Bertz CT molecular complexity index is 671. The van der Waals surface area contributed by atoms with Gasteiger partial charge in [-0.2, -0.15) is 0 Å². The zero-order chi connectivity index (χ0) is 15.4. The van der Waals surface area contributed by atoms with Crippen molar-refractivity contribution in [2.24, 2.45) is 0 Å². The van der Waals surface area contributed by atoms with Crippen LogP contribution in [-0.4, -0.2) is 12.6 Å². The van der Waals surface area contributed by atoms with Crippen molar-refractivity contribution >= 4 is 34.6 Å². The van der Waals surface area contributed by atoms with Gasteiger partial charge >= 0.3 is 5.97 Å². The number of halogens is 1. The summed E-state index contributed by atoms with van der Waals surface area (Å²) in [5.74, 6) is -0.410. The van der Waals surface area contributed by atoms with Crippen LogP contribution in [0, 0.1) is 6.92 Å². The molecular weight excluding hydrogens is 288 g/mol. The summed E-state index contributed by atoms with van der Waals surface area (Å²) in [5, 5.41) is 3.87. The van der Waals surface area contributed by atoms with E-state index in [-0.39, 0.29) is 0 Å². The van der Waals surface area contributed by atoms with Gasteiger partial charge in [-0.05, 0) is 49.7 Å². The Morgan fingerprint density at radius 1 is 1.29 bits per heavy atom. The molecule has 0 spiro atoms. The largest absolute Gasteiger partial charge is 0.462 e. The first-order valence-electron chi connectivity index (χ1n) is 6.61. The molecule has 0 bridgehead atoms. The Labute approximate surface area is 128 Å². The molecule has 110 valence electrons. The van der Waals surface area contributed by atoms with Gasteiger partial charge in [0.2, 0.25) is 0 Å². The molecule has 3 N–H and O–H groups in total. The number of hydrogen-bond donors (Lipinski definition) is 2. The predicted molar refractivity (Wildman–Crippen MR) is 86.3 cm³/mol. The summed E-state index contributed by atoms with van der Waals surface area (Å²) >= 11 is 6.11. The Hall–Kier alpha value is -2.20. The molecular formula is C16H17ClN2O2. The molecule has 0 unspecified atom stereocenters. The number of nitrogen functional groups attached to an aromatic ring is 1. The smallest absolute Gasteiger partial charge is 0.340 e. The minimum absolute atomic E-state index is 0.309. The first-order chi connectivity index (χ1) is 10.0. The third-order valence-electron chi connectivity index (χ3n) is 3.08. The molecule has 2 rings (SSSR count). The summed E-state index contributed by atoms with van der Waals surface area (Å²) in [4.78, 5) is 12.0. The highest BCUT2D eigenvalue weighted by molar-refractivity contribution is 6.31. The van der Waals surface area contributed by atoms with Crippen LogP contribution in [0.5, 0.6) is 0 Å². The summed E-state index contributed by atoms with van der Waals surface area (Å²) in [5.41, 5.74) is 9.03. The first-order valence-corrected chi connectivity index (χ1v) is 6.99. The van der Waals surface area contributed by atoms with Gasteiger partial charge in [0.1, 0.15) is 0 Å². The number of nitrogens with two attached hydrogens (primary N) is 1. The molecule has 0 aliphatic rings. The second-order valence-corrected chi connectivity index (χ2v) is 4.97. The molecule has 4 nitrogen and oxygen atoms in total. The minimum atomic E-state index is -0.410. The normalized spacial score (nSPS) is 10.2. The van der Waals surface area contributed by atoms with Gasteiger partial charge in [0.25, 0.3) is 0 Å². The molecule has 2 aromatic carbocycles. The van der Waals surface area contributed by atoms with E-state index in [0.717, 1.165) is 11.3 Å². The molecule has 0 fully saturated rings. The van der Waals surface area contributed by atoms with Gasteiger partial charge < -0.3 is 15.8 Å². The minimum Gasteiger partial charge on any atom is -0.462 e. The molecule has 21 heavy (non-hydrogen) atoms. The van der Waals surface area contributed by atoms with Crippen LogP contribution in [0.3, 0.4) is 0 Å². The topological polar surface area (TPSA) is 64.3 Å². The molecule has 0 aliphatic heterocycles. The molecule has 0 aromatic heterocycles. The molecule has 0 saturated carbocycles. The number of hydrogen-bond acceptors (Lipinski definition) is 4. The zero-order valence-corrected chi connectivity index (χ0v) is 12.7. The Balaban J connectivity index is 2.40. The van der Waals surface area contributed by atoms with Crippen LogP contribution in [0.15, 0.2) is 36.4 Å². The number of ether oxygens (including phenoxy) is 1. The maximum Gasteiger partial charge on any atom is 0.340 e. The van der Waals surface area contributed by atoms with Gasteiger partial charge in [0.15, 0.2) is 0 Å². The quantitative estimate of drug-likeness (QED) is 0.658. The molecule has 5 heteroatoms. The average molecular weight is 305 g/mol. The van der Waals surface area contributed by atoms with E-state index in [2.05, 4.69) is 5.32 Å². The van der Waals surface area contributed by atoms with E-state index in [9.17, 15) is 4.79 Å². The van der Waals surface area contributed by atoms with Crippen LogP contribution in [0.4, 0.5) is 17.1 Å². The van der Waals surface area contributed by atoms with Gasteiger partial charge in [-0.3, -0.25) is 0 Å². The van der Waals surface area contributed by atoms with E-state index in [4.69, 9.17) is 22.1 Å². The Morgan fingerprint density at radius 3 is 2.76 bits per heavy atom. The van der Waals surface area contributed by atoms with Crippen molar-refractivity contribution < 1.29 is 9.53 Å². The molecule has 0 aliphatic carbocycles. The Morgan fingerprint density at radius 2 is 2.05 bits per heavy atom. The highest BCUT2D eigenvalue weighted by Gasteiger charge is 2.14. The summed E-state index contributed by atoms with van der Waals surface area (Å²) in [6, 6.07) is 10.6. The van der Waals surface area contributed by atoms with Crippen LogP contribution < -0.4 is 11.1 Å². The molecule has 0 amide bonds. The maximum atomic E-state index is 12.0. The lowest BCUT2D eigenvalue weighted by atomic mass is 10.1. The third kappa shape index (κ3) is 3.47. The van der Waals surface area contributed by atoms with Crippen LogP contribution >= 0.6 is 11.6 Å². The number of esters is 1. The van der Waals surface area contributed by atoms with E-state index >= 15 is 0 Å². The van der Waals surface area contributed by atoms with Crippen molar-refractivity contribution in [2.75, 3.05) is 17.7 Å². The Kier molecular flexibility index (Phi) is 4.70. The van der Waals surface area contributed by atoms with Crippen LogP contribution in [0.2, 0.25) is 5.02 Å². The van der Waals surface area contributed by atoms with Crippen molar-refractivity contribution in [3.8, 4) is 0 Å². The third-order valence-corrected chi connectivity index (χ3v) is 3.49. The number of nitrogens with one attached hydrogen (secondary N) is 1. The zero-order valence-electron chi connectivity index (χ0n) is 11.9. The fourth-order valence-corrected chi connectivity index (χ4v) is 2.11. The number of anilines is 3. The van der Waals surface area contributed by atoms with Crippen LogP contribution in [0.1, 0.15) is 22.8 Å². The van der Waals surface area contributed by atoms with E-state index in [1.807, 2.05) is 25.1 Å². The molecule has 2 aromatic rings. The second-order valence-electron chi connectivity index (χ2n) is 4.56. The lowest BCUT2D eigenvalue weighted by Gasteiger charge is -2.14. The molecule has 0 radical (unpaired) electrons. The van der Waals surface area contributed by atoms with Gasteiger partial charge in [-0.1, -0.05) is 17.7 Å². The number of carbonyl (C=O) groups excluding carboxylic acids is 1. The van der Waals surface area contributed by atoms with Gasteiger partial charge in [0.05, 0.1) is 17.9 Å². The van der Waals surface area contributed by atoms with Crippen molar-refractivity contribution in [3.05, 3.63) is 52.5 Å². The highest BCUT2D eigenvalue weighted by atomic mass is 35.5. The monoisotopic (exact) mass is 304 g/mol. The lowest BCUT2D eigenvalue weighted by molar-refractivity contribution is 0.0527. The SMILES string of the molecule is CCOC(=O)c1cc(N)ccc1Nc1cccc(Cl)c1C. The molecule has 0 heterocycles. The van der Waals surface area contributed by atoms with Crippen molar-refractivity contribution in [3.63, 3.8) is 0 Å². The van der Waals surface area contributed by atoms with Crippen molar-refractivity contribution in [2.45, 2.75) is 13.8 Å². The van der Waals surface area contributed by atoms with Gasteiger partial charge in [0, 0.05) is 16.4 Å². The summed E-state index contributed by atoms with van der Waals surface area (Å²) in [6.45, 7) is 3.98. The highest BCUT2D eigenvalue weighted by Crippen LogP contribution is 2.29. The van der Waals surface area contributed by atoms with Gasteiger partial charge in [-0.15, -0.1) is 0 Å². The maximum absolute atomic E-state index is 12.0. The molecule has 0 atom stereocenters.